The summed E-state index contributed by atoms with van der Waals surface area (Å²) in [7, 11) is 1.77. The predicted molar refractivity (Wildman–Crippen MR) is 96.5 cm³/mol. The number of amides is 4. The Bertz CT molecular complexity index is 538. The smallest absolute Gasteiger partial charge is 0.325 e. The van der Waals surface area contributed by atoms with Crippen molar-refractivity contribution in [1.82, 2.24) is 20.4 Å². The molecule has 25 heavy (non-hydrogen) atoms. The molecule has 1 aliphatic carbocycles. The third-order valence-electron chi connectivity index (χ3n) is 6.04. The minimum absolute atomic E-state index is 0. The molecule has 0 aromatic heterocycles. The number of rotatable bonds is 3. The first-order chi connectivity index (χ1) is 11.5. The van der Waals surface area contributed by atoms with Crippen LogP contribution in [0.4, 0.5) is 4.79 Å². The number of halogens is 1. The lowest BCUT2D eigenvalue weighted by molar-refractivity contribution is -0.141. The molecule has 4 amide bonds. The van der Waals surface area contributed by atoms with Gasteiger partial charge in [0.05, 0.1) is 0 Å². The lowest BCUT2D eigenvalue weighted by atomic mass is 9.73. The van der Waals surface area contributed by atoms with Gasteiger partial charge in [-0.1, -0.05) is 19.8 Å². The van der Waals surface area contributed by atoms with E-state index in [1.54, 1.807) is 11.9 Å². The van der Waals surface area contributed by atoms with Gasteiger partial charge in [0, 0.05) is 13.1 Å². The van der Waals surface area contributed by atoms with Crippen LogP contribution in [0.25, 0.3) is 0 Å². The maximum absolute atomic E-state index is 12.9. The molecule has 1 spiro atoms. The summed E-state index contributed by atoms with van der Waals surface area (Å²) in [6.45, 7) is 3.65. The van der Waals surface area contributed by atoms with E-state index in [1.165, 1.54) is 0 Å². The van der Waals surface area contributed by atoms with Crippen LogP contribution in [-0.2, 0) is 9.59 Å². The molecule has 7 nitrogen and oxygen atoms in total. The first-order valence-corrected chi connectivity index (χ1v) is 9.06. The fourth-order valence-corrected chi connectivity index (χ4v) is 4.28. The monoisotopic (exact) mass is 372 g/mol. The summed E-state index contributed by atoms with van der Waals surface area (Å²) in [5.41, 5.74) is -0.789. The predicted octanol–water partition coefficient (Wildman–Crippen LogP) is 1.12. The highest BCUT2D eigenvalue weighted by atomic mass is 35.5. The maximum atomic E-state index is 12.9. The van der Waals surface area contributed by atoms with Crippen molar-refractivity contribution < 1.29 is 14.4 Å². The second kappa shape index (κ2) is 7.91. The number of urea groups is 1. The third kappa shape index (κ3) is 3.62. The molecule has 1 saturated carbocycles. The van der Waals surface area contributed by atoms with Gasteiger partial charge in [0.15, 0.2) is 0 Å². The van der Waals surface area contributed by atoms with Crippen molar-refractivity contribution in [3.05, 3.63) is 0 Å². The fourth-order valence-electron chi connectivity index (χ4n) is 4.28. The number of hydrogen-bond acceptors (Lipinski definition) is 4. The normalized spacial score (nSPS) is 30.2. The van der Waals surface area contributed by atoms with E-state index in [4.69, 9.17) is 0 Å². The molecule has 3 fully saturated rings. The molecule has 0 radical (unpaired) electrons. The molecule has 2 unspecified atom stereocenters. The van der Waals surface area contributed by atoms with Crippen LogP contribution in [0, 0.1) is 5.92 Å². The molecule has 2 saturated heterocycles. The molecule has 0 aromatic rings. The number of nitrogens with one attached hydrogen (secondary N) is 2. The molecule has 2 aliphatic heterocycles. The molecule has 2 atom stereocenters. The van der Waals surface area contributed by atoms with Crippen molar-refractivity contribution in [2.75, 3.05) is 26.7 Å². The first-order valence-electron chi connectivity index (χ1n) is 9.06. The number of likely N-dealkylation sites (N-methyl/N-ethyl adjacent to an activating group) is 1. The van der Waals surface area contributed by atoms with Gasteiger partial charge in [0.1, 0.15) is 12.1 Å². The Morgan fingerprint density at radius 1 is 1.24 bits per heavy atom. The zero-order valence-electron chi connectivity index (χ0n) is 15.0. The van der Waals surface area contributed by atoms with Gasteiger partial charge < -0.3 is 15.5 Å². The van der Waals surface area contributed by atoms with Crippen LogP contribution in [0.5, 0.6) is 0 Å². The number of piperidine rings is 1. The molecular weight excluding hydrogens is 344 g/mol. The van der Waals surface area contributed by atoms with Crippen LogP contribution in [-0.4, -0.2) is 65.9 Å². The van der Waals surface area contributed by atoms with Gasteiger partial charge in [0.25, 0.3) is 5.91 Å². The highest BCUT2D eigenvalue weighted by Gasteiger charge is 2.55. The van der Waals surface area contributed by atoms with Gasteiger partial charge in [-0.3, -0.25) is 14.5 Å². The summed E-state index contributed by atoms with van der Waals surface area (Å²) >= 11 is 0. The topological polar surface area (TPSA) is 81.8 Å². The maximum Gasteiger partial charge on any atom is 0.325 e. The van der Waals surface area contributed by atoms with Gasteiger partial charge in [-0.25, -0.2) is 4.79 Å². The van der Waals surface area contributed by atoms with Crippen LogP contribution in [0.1, 0.15) is 45.4 Å². The molecule has 3 aliphatic rings. The molecule has 2 N–H and O–H groups in total. The van der Waals surface area contributed by atoms with Crippen LogP contribution in [0.3, 0.4) is 0 Å². The average Bonchev–Trinajstić information content (AvgIpc) is 2.82. The summed E-state index contributed by atoms with van der Waals surface area (Å²) in [5, 5.41) is 6.17. The molecule has 142 valence electrons. The van der Waals surface area contributed by atoms with Crippen molar-refractivity contribution in [3.63, 3.8) is 0 Å². The Balaban J connectivity index is 0.00000225. The molecule has 8 heteroatoms. The largest absolute Gasteiger partial charge is 0.341 e. The average molecular weight is 373 g/mol. The summed E-state index contributed by atoms with van der Waals surface area (Å²) in [5.74, 6) is -0.261. The number of nitrogens with zero attached hydrogens (tertiary/aromatic N) is 2. The van der Waals surface area contributed by atoms with Crippen molar-refractivity contribution >= 4 is 30.3 Å². The summed E-state index contributed by atoms with van der Waals surface area (Å²) in [4.78, 5) is 40.7. The second-order valence-electron chi connectivity index (χ2n) is 7.43. The fraction of sp³-hybridized carbons (Fsp3) is 0.824. The standard InChI is InChI=1S/C17H28N4O3.ClH/c1-12-5-3-4-8-17(12)15(23)21(16(24)19-17)11-14(22)20(2)13-6-9-18-10-7-13;/h12-13,18H,3-11H2,1-2H3,(H,19,24);1H. The van der Waals surface area contributed by atoms with Crippen molar-refractivity contribution in [3.8, 4) is 0 Å². The van der Waals surface area contributed by atoms with Gasteiger partial charge in [-0.2, -0.15) is 0 Å². The Morgan fingerprint density at radius 2 is 1.92 bits per heavy atom. The Morgan fingerprint density at radius 3 is 2.56 bits per heavy atom. The van der Waals surface area contributed by atoms with Crippen molar-refractivity contribution in [2.24, 2.45) is 5.92 Å². The molecule has 2 heterocycles. The van der Waals surface area contributed by atoms with Gasteiger partial charge in [-0.05, 0) is 44.7 Å². The Kier molecular flexibility index (Phi) is 6.32. The number of carbonyl (C=O) groups excluding carboxylic acids is 3. The molecule has 3 rings (SSSR count). The van der Waals surface area contributed by atoms with Crippen molar-refractivity contribution in [1.29, 1.82) is 0 Å². The summed E-state index contributed by atoms with van der Waals surface area (Å²) < 4.78 is 0. The highest BCUT2D eigenvalue weighted by molar-refractivity contribution is 6.09. The third-order valence-corrected chi connectivity index (χ3v) is 6.04. The van der Waals surface area contributed by atoms with Gasteiger partial charge >= 0.3 is 6.03 Å². The summed E-state index contributed by atoms with van der Waals surface area (Å²) in [6, 6.07) is -0.233. The van der Waals surface area contributed by atoms with Gasteiger partial charge in [0.2, 0.25) is 5.91 Å². The molecule has 0 aromatic carbocycles. The zero-order valence-corrected chi connectivity index (χ0v) is 15.9. The summed E-state index contributed by atoms with van der Waals surface area (Å²) in [6.07, 6.45) is 5.44. The van der Waals surface area contributed by atoms with E-state index in [0.29, 0.717) is 6.42 Å². The lowest BCUT2D eigenvalue weighted by Gasteiger charge is -2.37. The van der Waals surface area contributed by atoms with Crippen LogP contribution in [0.15, 0.2) is 0 Å². The van der Waals surface area contributed by atoms with Crippen LogP contribution >= 0.6 is 12.4 Å². The van der Waals surface area contributed by atoms with Crippen LogP contribution in [0.2, 0.25) is 0 Å². The number of hydrogen-bond donors (Lipinski definition) is 2. The van der Waals surface area contributed by atoms with E-state index in [2.05, 4.69) is 10.6 Å². The van der Waals surface area contributed by atoms with E-state index in [-0.39, 0.29) is 42.7 Å². The first kappa shape index (κ1) is 20.0. The van der Waals surface area contributed by atoms with Gasteiger partial charge in [-0.15, -0.1) is 12.4 Å². The minimum Gasteiger partial charge on any atom is -0.341 e. The highest BCUT2D eigenvalue weighted by Crippen LogP contribution is 2.38. The van der Waals surface area contributed by atoms with E-state index < -0.39 is 11.6 Å². The molecule has 0 bridgehead atoms. The van der Waals surface area contributed by atoms with E-state index in [0.717, 1.165) is 50.1 Å². The van der Waals surface area contributed by atoms with Crippen LogP contribution < -0.4 is 10.6 Å². The minimum atomic E-state index is -0.789. The number of carbonyl (C=O) groups is 3. The SMILES string of the molecule is CC1CCCCC12NC(=O)N(CC(=O)N(C)C1CCNCC1)C2=O.Cl. The van der Waals surface area contributed by atoms with E-state index in [9.17, 15) is 14.4 Å². The molecular formula is C17H29ClN4O3. The Hall–Kier alpha value is -1.34. The Labute approximate surface area is 155 Å². The quantitative estimate of drug-likeness (QED) is 0.727. The number of imide groups is 1. The van der Waals surface area contributed by atoms with E-state index in [1.807, 2.05) is 6.92 Å². The lowest BCUT2D eigenvalue weighted by Crippen LogP contribution is -2.54. The van der Waals surface area contributed by atoms with E-state index >= 15 is 0 Å². The van der Waals surface area contributed by atoms with Crippen molar-refractivity contribution in [2.45, 2.75) is 57.0 Å². The zero-order chi connectivity index (χ0) is 17.3. The second-order valence-corrected chi connectivity index (χ2v) is 7.43.